The molecule has 0 radical (unpaired) electrons. The van der Waals surface area contributed by atoms with Crippen LogP contribution in [0.3, 0.4) is 0 Å². The first kappa shape index (κ1) is 25.2. The molecule has 0 aliphatic carbocycles. The van der Waals surface area contributed by atoms with Gasteiger partial charge in [0.05, 0.1) is 32.4 Å². The number of aromatic nitrogens is 1. The molecule has 1 aliphatic heterocycles. The van der Waals surface area contributed by atoms with Crippen LogP contribution in [0.2, 0.25) is 0 Å². The lowest BCUT2D eigenvalue weighted by Crippen LogP contribution is -2.40. The van der Waals surface area contributed by atoms with E-state index in [0.717, 1.165) is 37.1 Å². The van der Waals surface area contributed by atoms with Crippen molar-refractivity contribution in [2.24, 2.45) is 4.99 Å². The van der Waals surface area contributed by atoms with Gasteiger partial charge in [-0.2, -0.15) is 0 Å². The first-order valence-electron chi connectivity index (χ1n) is 10.7. The van der Waals surface area contributed by atoms with Crippen molar-refractivity contribution in [2.75, 3.05) is 46.4 Å². The lowest BCUT2D eigenvalue weighted by Gasteiger charge is -2.27. The molecule has 1 aromatic heterocycles. The average molecular weight is 539 g/mol. The highest BCUT2D eigenvalue weighted by Gasteiger charge is 2.23. The summed E-state index contributed by atoms with van der Waals surface area (Å²) in [7, 11) is 1.70. The monoisotopic (exact) mass is 539 g/mol. The Morgan fingerprint density at radius 3 is 2.55 bits per heavy atom. The number of aliphatic imine (C=N–C) groups is 1. The maximum atomic E-state index is 5.70. The van der Waals surface area contributed by atoms with E-state index < -0.39 is 0 Å². The van der Waals surface area contributed by atoms with Crippen LogP contribution in [0.25, 0.3) is 0 Å². The Morgan fingerprint density at radius 2 is 1.90 bits per heavy atom. The number of methoxy groups -OCH3 is 1. The fraction of sp³-hybridized carbons (Fsp3) is 0.478. The lowest BCUT2D eigenvalue weighted by molar-refractivity contribution is 0.251. The van der Waals surface area contributed by atoms with Crippen LogP contribution < -0.4 is 20.1 Å². The Bertz CT molecular complexity index is 767. The Kier molecular flexibility index (Phi) is 11.4. The number of hydrogen-bond donors (Lipinski definition) is 2. The van der Waals surface area contributed by atoms with Crippen LogP contribution in [0.15, 0.2) is 53.8 Å². The molecule has 1 saturated heterocycles. The summed E-state index contributed by atoms with van der Waals surface area (Å²) in [4.78, 5) is 11.5. The third-order valence-corrected chi connectivity index (χ3v) is 5.15. The molecule has 7 nitrogen and oxygen atoms in total. The largest absolute Gasteiger partial charge is 0.497 e. The molecule has 2 N–H and O–H groups in total. The van der Waals surface area contributed by atoms with E-state index in [4.69, 9.17) is 14.5 Å². The van der Waals surface area contributed by atoms with Gasteiger partial charge in [0.15, 0.2) is 5.96 Å². The smallest absolute Gasteiger partial charge is 0.191 e. The third kappa shape index (κ3) is 8.17. The number of nitrogens with one attached hydrogen (secondary N) is 2. The highest BCUT2D eigenvalue weighted by Crippen LogP contribution is 2.27. The summed E-state index contributed by atoms with van der Waals surface area (Å²) in [6, 6.07) is 12.4. The van der Waals surface area contributed by atoms with Crippen molar-refractivity contribution in [1.29, 1.82) is 0 Å². The van der Waals surface area contributed by atoms with Gasteiger partial charge in [-0.05, 0) is 62.7 Å². The molecule has 2 aromatic rings. The maximum absolute atomic E-state index is 5.70. The molecule has 0 bridgehead atoms. The fourth-order valence-corrected chi connectivity index (χ4v) is 3.60. The van der Waals surface area contributed by atoms with Gasteiger partial charge in [0.2, 0.25) is 0 Å². The van der Waals surface area contributed by atoms with E-state index in [9.17, 15) is 0 Å². The minimum atomic E-state index is 0. The highest BCUT2D eigenvalue weighted by molar-refractivity contribution is 14.0. The second kappa shape index (κ2) is 14.1. The molecule has 0 amide bonds. The number of nitrogens with zero attached hydrogens (tertiary/aromatic N) is 3. The SMILES string of the molecule is CCNC(=NCC(c1ccc(OC)cc1)N1CCCC1)NCCOc1cccnc1.I. The Morgan fingerprint density at radius 1 is 1.13 bits per heavy atom. The summed E-state index contributed by atoms with van der Waals surface area (Å²) in [6.45, 7) is 7.04. The van der Waals surface area contributed by atoms with Crippen molar-refractivity contribution in [3.63, 3.8) is 0 Å². The molecule has 1 aromatic carbocycles. The van der Waals surface area contributed by atoms with Crippen LogP contribution in [-0.4, -0.2) is 62.3 Å². The summed E-state index contributed by atoms with van der Waals surface area (Å²) in [6.07, 6.45) is 5.95. The number of likely N-dealkylation sites (tertiary alicyclic amines) is 1. The molecule has 0 spiro atoms. The Hall–Kier alpha value is -2.07. The zero-order valence-electron chi connectivity index (χ0n) is 18.4. The van der Waals surface area contributed by atoms with Crippen LogP contribution in [0.4, 0.5) is 0 Å². The molecule has 31 heavy (non-hydrogen) atoms. The quantitative estimate of drug-likeness (QED) is 0.209. The third-order valence-electron chi connectivity index (χ3n) is 5.15. The van der Waals surface area contributed by atoms with E-state index >= 15 is 0 Å². The van der Waals surface area contributed by atoms with E-state index in [1.807, 2.05) is 24.3 Å². The van der Waals surface area contributed by atoms with Crippen molar-refractivity contribution in [1.82, 2.24) is 20.5 Å². The van der Waals surface area contributed by atoms with E-state index in [1.54, 1.807) is 19.5 Å². The van der Waals surface area contributed by atoms with Crippen LogP contribution in [0, 0.1) is 0 Å². The standard InChI is InChI=1S/C23H33N5O2.HI/c1-3-25-23(26-13-16-30-21-7-6-12-24-17-21)27-18-22(28-14-4-5-15-28)19-8-10-20(29-2)11-9-19;/h6-12,17,22H,3-5,13-16,18H2,1-2H3,(H2,25,26,27);1H. The van der Waals surface area contributed by atoms with E-state index in [1.165, 1.54) is 18.4 Å². The zero-order chi connectivity index (χ0) is 21.0. The minimum Gasteiger partial charge on any atom is -0.497 e. The van der Waals surface area contributed by atoms with Crippen molar-refractivity contribution in [3.05, 3.63) is 54.4 Å². The molecule has 1 atom stereocenters. The first-order chi connectivity index (χ1) is 14.8. The van der Waals surface area contributed by atoms with Crippen molar-refractivity contribution in [3.8, 4) is 11.5 Å². The number of pyridine rings is 1. The van der Waals surface area contributed by atoms with Crippen LogP contribution in [0.1, 0.15) is 31.4 Å². The van der Waals surface area contributed by atoms with Crippen LogP contribution in [-0.2, 0) is 0 Å². The van der Waals surface area contributed by atoms with Gasteiger partial charge < -0.3 is 20.1 Å². The van der Waals surface area contributed by atoms with E-state index in [2.05, 4.69) is 39.6 Å². The predicted octanol–water partition coefficient (Wildman–Crippen LogP) is 3.48. The Balaban J connectivity index is 0.00000341. The highest BCUT2D eigenvalue weighted by atomic mass is 127. The summed E-state index contributed by atoms with van der Waals surface area (Å²) >= 11 is 0. The second-order valence-corrected chi connectivity index (χ2v) is 7.22. The molecule has 1 fully saturated rings. The molecular formula is C23H34IN5O2. The summed E-state index contributed by atoms with van der Waals surface area (Å²) in [5.41, 5.74) is 1.28. The molecule has 1 aliphatic rings. The van der Waals surface area contributed by atoms with Gasteiger partial charge in [-0.1, -0.05) is 12.1 Å². The Labute approximate surface area is 202 Å². The fourth-order valence-electron chi connectivity index (χ4n) is 3.60. The minimum absolute atomic E-state index is 0. The molecule has 170 valence electrons. The van der Waals surface area contributed by atoms with Crippen molar-refractivity contribution >= 4 is 29.9 Å². The molecule has 8 heteroatoms. The maximum Gasteiger partial charge on any atom is 0.191 e. The van der Waals surface area contributed by atoms with Gasteiger partial charge in [-0.25, -0.2) is 0 Å². The normalized spacial score (nSPS) is 15.1. The predicted molar refractivity (Wildman–Crippen MR) is 136 cm³/mol. The van der Waals surface area contributed by atoms with Gasteiger partial charge in [0.25, 0.3) is 0 Å². The number of benzene rings is 1. The van der Waals surface area contributed by atoms with Crippen molar-refractivity contribution < 1.29 is 9.47 Å². The summed E-state index contributed by atoms with van der Waals surface area (Å²) in [5.74, 6) is 2.46. The van der Waals surface area contributed by atoms with Gasteiger partial charge in [0.1, 0.15) is 18.1 Å². The first-order valence-corrected chi connectivity index (χ1v) is 10.7. The molecule has 1 unspecified atom stereocenters. The summed E-state index contributed by atoms with van der Waals surface area (Å²) < 4.78 is 11.0. The van der Waals surface area contributed by atoms with Gasteiger partial charge in [-0.15, -0.1) is 24.0 Å². The summed E-state index contributed by atoms with van der Waals surface area (Å²) in [5, 5.41) is 6.69. The number of guanidine groups is 1. The second-order valence-electron chi connectivity index (χ2n) is 7.22. The molecule has 0 saturated carbocycles. The average Bonchev–Trinajstić information content (AvgIpc) is 3.32. The van der Waals surface area contributed by atoms with Gasteiger partial charge in [0, 0.05) is 12.7 Å². The topological polar surface area (TPSA) is 71.0 Å². The van der Waals surface area contributed by atoms with Crippen molar-refractivity contribution in [2.45, 2.75) is 25.8 Å². The molecular weight excluding hydrogens is 505 g/mol. The van der Waals surface area contributed by atoms with E-state index in [-0.39, 0.29) is 30.0 Å². The van der Waals surface area contributed by atoms with Crippen LogP contribution >= 0.6 is 24.0 Å². The number of halogens is 1. The van der Waals surface area contributed by atoms with E-state index in [0.29, 0.717) is 19.7 Å². The number of rotatable bonds is 10. The molecule has 3 rings (SSSR count). The molecule has 2 heterocycles. The zero-order valence-corrected chi connectivity index (χ0v) is 20.7. The van der Waals surface area contributed by atoms with Crippen LogP contribution in [0.5, 0.6) is 11.5 Å². The van der Waals surface area contributed by atoms with Gasteiger partial charge >= 0.3 is 0 Å². The lowest BCUT2D eigenvalue weighted by atomic mass is 10.1. The number of ether oxygens (including phenoxy) is 2. The van der Waals surface area contributed by atoms with Gasteiger partial charge in [-0.3, -0.25) is 14.9 Å². The number of hydrogen-bond acceptors (Lipinski definition) is 5.